The third-order valence-corrected chi connectivity index (χ3v) is 5.00. The zero-order valence-electron chi connectivity index (χ0n) is 15.3. The molecule has 1 aliphatic heterocycles. The highest BCUT2D eigenvalue weighted by Gasteiger charge is 2.55. The molecule has 132 valence electrons. The van der Waals surface area contributed by atoms with Gasteiger partial charge in [0.1, 0.15) is 5.60 Å². The first-order valence-electron chi connectivity index (χ1n) is 8.83. The minimum atomic E-state index is -0.611. The Kier molecular flexibility index (Phi) is 4.22. The first-order valence-corrected chi connectivity index (χ1v) is 8.83. The van der Waals surface area contributed by atoms with Crippen LogP contribution >= 0.6 is 0 Å². The van der Waals surface area contributed by atoms with Gasteiger partial charge in [-0.25, -0.2) is 9.69 Å². The van der Waals surface area contributed by atoms with Gasteiger partial charge >= 0.3 is 6.09 Å². The van der Waals surface area contributed by atoms with Gasteiger partial charge in [-0.2, -0.15) is 0 Å². The topological polar surface area (TPSA) is 49.9 Å². The Hall–Kier alpha value is -1.78. The molecule has 2 aliphatic carbocycles. The first-order chi connectivity index (χ1) is 11.2. The second-order valence-electron chi connectivity index (χ2n) is 8.32. The van der Waals surface area contributed by atoms with E-state index in [9.17, 15) is 9.59 Å². The lowest BCUT2D eigenvalue weighted by Crippen LogP contribution is -2.43. The number of imide groups is 1. The molecule has 0 aromatic rings. The fourth-order valence-electron chi connectivity index (χ4n) is 4.24. The fraction of sp³-hybridized carbons (Fsp3) is 0.684. The van der Waals surface area contributed by atoms with Crippen molar-refractivity contribution in [1.29, 1.82) is 0 Å². The van der Waals surface area contributed by atoms with Gasteiger partial charge in [0, 0.05) is 31.8 Å². The molecule has 0 N–H and O–H groups in total. The highest BCUT2D eigenvalue weighted by Crippen LogP contribution is 2.51. The van der Waals surface area contributed by atoms with Gasteiger partial charge in [-0.3, -0.25) is 4.79 Å². The van der Waals surface area contributed by atoms with Crippen LogP contribution in [0.3, 0.4) is 0 Å². The molecule has 5 nitrogen and oxygen atoms in total. The Bertz CT molecular complexity index is 613. The van der Waals surface area contributed by atoms with E-state index in [4.69, 9.17) is 4.74 Å². The molecule has 0 radical (unpaired) electrons. The average molecular weight is 332 g/mol. The minimum absolute atomic E-state index is 0.0989. The number of amides is 2. The van der Waals surface area contributed by atoms with Crippen LogP contribution in [-0.4, -0.2) is 47.5 Å². The van der Waals surface area contributed by atoms with Gasteiger partial charge in [0.25, 0.3) is 5.91 Å². The van der Waals surface area contributed by atoms with Crippen molar-refractivity contribution >= 4 is 12.0 Å². The molecule has 0 aromatic carbocycles. The van der Waals surface area contributed by atoms with E-state index in [1.807, 2.05) is 46.0 Å². The van der Waals surface area contributed by atoms with Crippen LogP contribution in [0.1, 0.15) is 46.5 Å². The molecule has 0 spiro atoms. The number of carbonyl (C=O) groups is 2. The molecule has 2 fully saturated rings. The summed E-state index contributed by atoms with van der Waals surface area (Å²) in [6.45, 7) is 5.49. The minimum Gasteiger partial charge on any atom is -0.443 e. The van der Waals surface area contributed by atoms with Crippen molar-refractivity contribution in [2.24, 2.45) is 11.8 Å². The Labute approximate surface area is 144 Å². The van der Waals surface area contributed by atoms with E-state index in [2.05, 4.69) is 6.08 Å². The molecule has 0 bridgehead atoms. The van der Waals surface area contributed by atoms with Gasteiger partial charge in [0.15, 0.2) is 0 Å². The van der Waals surface area contributed by atoms with Crippen LogP contribution in [-0.2, 0) is 9.53 Å². The number of rotatable bonds is 1. The van der Waals surface area contributed by atoms with Gasteiger partial charge in [-0.1, -0.05) is 6.08 Å². The van der Waals surface area contributed by atoms with Gasteiger partial charge < -0.3 is 9.64 Å². The summed E-state index contributed by atoms with van der Waals surface area (Å²) < 4.78 is 5.53. The molecule has 1 heterocycles. The van der Waals surface area contributed by atoms with Crippen LogP contribution in [0.15, 0.2) is 23.4 Å². The van der Waals surface area contributed by atoms with E-state index >= 15 is 0 Å². The summed E-state index contributed by atoms with van der Waals surface area (Å²) in [6.07, 6.45) is 7.96. The highest BCUT2D eigenvalue weighted by molar-refractivity contribution is 6.06. The maximum atomic E-state index is 13.0. The smallest absolute Gasteiger partial charge is 0.417 e. The molecule has 0 aromatic heterocycles. The van der Waals surface area contributed by atoms with Crippen LogP contribution in [0.5, 0.6) is 0 Å². The SMILES string of the molecule is CN(C)/C=C1/C(=O)N(C(=O)OC(C)(C)C)[C@@H]2C3=CCCC[C@H]3C[C@H]12. The summed E-state index contributed by atoms with van der Waals surface area (Å²) in [4.78, 5) is 29.0. The van der Waals surface area contributed by atoms with Crippen LogP contribution < -0.4 is 0 Å². The molecule has 24 heavy (non-hydrogen) atoms. The molecule has 1 saturated heterocycles. The Morgan fingerprint density at radius 2 is 2.08 bits per heavy atom. The van der Waals surface area contributed by atoms with Crippen molar-refractivity contribution in [3.63, 3.8) is 0 Å². The Morgan fingerprint density at radius 3 is 2.71 bits per heavy atom. The van der Waals surface area contributed by atoms with Crippen molar-refractivity contribution in [3.8, 4) is 0 Å². The monoisotopic (exact) mass is 332 g/mol. The summed E-state index contributed by atoms with van der Waals surface area (Å²) in [7, 11) is 3.82. The summed E-state index contributed by atoms with van der Waals surface area (Å²) in [6, 6.07) is -0.149. The number of carbonyl (C=O) groups excluding carboxylic acids is 2. The zero-order chi connectivity index (χ0) is 17.6. The number of fused-ring (bicyclic) bond motifs is 3. The van der Waals surface area contributed by atoms with Crippen molar-refractivity contribution in [3.05, 3.63) is 23.4 Å². The molecule has 3 aliphatic rings. The normalized spacial score (nSPS) is 31.0. The molecule has 0 unspecified atom stereocenters. The lowest BCUT2D eigenvalue weighted by molar-refractivity contribution is -0.125. The molecule has 2 amide bonds. The van der Waals surface area contributed by atoms with Gasteiger partial charge in [0.2, 0.25) is 0 Å². The van der Waals surface area contributed by atoms with Gasteiger partial charge in [-0.15, -0.1) is 0 Å². The predicted molar refractivity (Wildman–Crippen MR) is 92.2 cm³/mol. The molecule has 3 rings (SSSR count). The van der Waals surface area contributed by atoms with Gasteiger partial charge in [0.05, 0.1) is 6.04 Å². The van der Waals surface area contributed by atoms with Crippen LogP contribution in [0.25, 0.3) is 0 Å². The van der Waals surface area contributed by atoms with Crippen molar-refractivity contribution < 1.29 is 14.3 Å². The van der Waals surface area contributed by atoms with Crippen molar-refractivity contribution in [1.82, 2.24) is 9.80 Å². The van der Waals surface area contributed by atoms with E-state index < -0.39 is 11.7 Å². The molecule has 5 heteroatoms. The van der Waals surface area contributed by atoms with E-state index in [-0.39, 0.29) is 17.9 Å². The first kappa shape index (κ1) is 17.1. The molecule has 1 saturated carbocycles. The van der Waals surface area contributed by atoms with Gasteiger partial charge in [-0.05, 0) is 57.9 Å². The molecular formula is C19H28N2O3. The number of hydrogen-bond donors (Lipinski definition) is 0. The lowest BCUT2D eigenvalue weighted by Gasteiger charge is -2.29. The Morgan fingerprint density at radius 1 is 1.38 bits per heavy atom. The van der Waals surface area contributed by atoms with Crippen LogP contribution in [0, 0.1) is 11.8 Å². The van der Waals surface area contributed by atoms with E-state index in [1.54, 1.807) is 0 Å². The zero-order valence-corrected chi connectivity index (χ0v) is 15.3. The number of hydrogen-bond acceptors (Lipinski definition) is 4. The van der Waals surface area contributed by atoms with Crippen molar-refractivity contribution in [2.45, 2.75) is 58.1 Å². The summed E-state index contributed by atoms with van der Waals surface area (Å²) in [5.41, 5.74) is 1.40. The largest absolute Gasteiger partial charge is 0.443 e. The quantitative estimate of drug-likeness (QED) is 0.546. The second kappa shape index (κ2) is 5.94. The summed E-state index contributed by atoms with van der Waals surface area (Å²) >= 11 is 0. The predicted octanol–water partition coefficient (Wildman–Crippen LogP) is 3.32. The third kappa shape index (κ3) is 2.96. The number of likely N-dealkylation sites (tertiary alicyclic amines) is 1. The van der Waals surface area contributed by atoms with Crippen molar-refractivity contribution in [2.75, 3.05) is 14.1 Å². The van der Waals surface area contributed by atoms with Crippen LogP contribution in [0.2, 0.25) is 0 Å². The number of allylic oxidation sites excluding steroid dienone is 1. The lowest BCUT2D eigenvalue weighted by atomic mass is 9.89. The van der Waals surface area contributed by atoms with E-state index in [0.29, 0.717) is 5.92 Å². The molecule has 3 atom stereocenters. The fourth-order valence-corrected chi connectivity index (χ4v) is 4.24. The van der Waals surface area contributed by atoms with Crippen LogP contribution in [0.4, 0.5) is 4.79 Å². The number of ether oxygens (including phenoxy) is 1. The summed E-state index contributed by atoms with van der Waals surface area (Å²) in [5.74, 6) is 0.400. The van der Waals surface area contributed by atoms with E-state index in [1.165, 1.54) is 16.9 Å². The second-order valence-corrected chi connectivity index (χ2v) is 8.32. The Balaban J connectivity index is 1.99. The average Bonchev–Trinajstić information content (AvgIpc) is 2.93. The third-order valence-electron chi connectivity index (χ3n) is 5.00. The van der Waals surface area contributed by atoms with E-state index in [0.717, 1.165) is 24.8 Å². The maximum absolute atomic E-state index is 13.0. The number of nitrogens with zero attached hydrogens (tertiary/aromatic N) is 2. The summed E-state index contributed by atoms with van der Waals surface area (Å²) in [5, 5.41) is 0. The standard InChI is InChI=1S/C19H28N2O3/c1-19(2,3)24-18(23)21-16-13-9-7-6-8-12(13)10-14(16)15(17(21)22)11-20(4)5/h9,11-12,14,16H,6-8,10H2,1-5H3/b15-11+/t12-,14+,16+/m0/s1. The maximum Gasteiger partial charge on any atom is 0.417 e. The highest BCUT2D eigenvalue weighted by atomic mass is 16.6. The molecular weight excluding hydrogens is 304 g/mol.